The molecule has 2 aromatic rings. The van der Waals surface area contributed by atoms with Gasteiger partial charge in [0.2, 0.25) is 5.91 Å². The number of nitrogens with two attached hydrogens (primary N) is 1. The second kappa shape index (κ2) is 6.14. The van der Waals surface area contributed by atoms with Gasteiger partial charge in [0, 0.05) is 11.4 Å². The Balaban J connectivity index is 2.15. The molecule has 0 aliphatic rings. The summed E-state index contributed by atoms with van der Waals surface area (Å²) in [7, 11) is 0. The Bertz CT molecular complexity index is 574. The maximum Gasteiger partial charge on any atom is 0.239 e. The standard InChI is InChI=1S/C13H12ClFN2OS/c14-10-6-8(3-4-11(10)15)12(13(16)18)17-7-9-2-1-5-19-9/h1-6,12,17H,7H2,(H2,16,18). The lowest BCUT2D eigenvalue weighted by molar-refractivity contribution is -0.120. The van der Waals surface area contributed by atoms with Crippen LogP contribution in [0.5, 0.6) is 0 Å². The quantitative estimate of drug-likeness (QED) is 0.892. The van der Waals surface area contributed by atoms with Gasteiger partial charge in [0.25, 0.3) is 0 Å². The number of thiophene rings is 1. The van der Waals surface area contributed by atoms with Crippen LogP contribution in [0.1, 0.15) is 16.5 Å². The van der Waals surface area contributed by atoms with Crippen molar-refractivity contribution in [3.05, 3.63) is 57.0 Å². The molecule has 0 spiro atoms. The van der Waals surface area contributed by atoms with Crippen molar-refractivity contribution in [1.29, 1.82) is 0 Å². The Morgan fingerprint density at radius 2 is 2.26 bits per heavy atom. The topological polar surface area (TPSA) is 55.1 Å². The number of halogens is 2. The van der Waals surface area contributed by atoms with Crippen molar-refractivity contribution >= 4 is 28.8 Å². The number of hydrogen-bond donors (Lipinski definition) is 2. The molecule has 0 aliphatic carbocycles. The summed E-state index contributed by atoms with van der Waals surface area (Å²) in [4.78, 5) is 12.6. The van der Waals surface area contributed by atoms with Gasteiger partial charge in [-0.1, -0.05) is 23.7 Å². The third-order valence-electron chi connectivity index (χ3n) is 2.62. The Hall–Kier alpha value is -1.43. The molecule has 100 valence electrons. The van der Waals surface area contributed by atoms with E-state index in [1.807, 2.05) is 17.5 Å². The first-order valence-corrected chi connectivity index (χ1v) is 6.83. The minimum Gasteiger partial charge on any atom is -0.368 e. The average Bonchev–Trinajstić information content (AvgIpc) is 2.86. The van der Waals surface area contributed by atoms with Crippen LogP contribution in [-0.4, -0.2) is 5.91 Å². The van der Waals surface area contributed by atoms with Crippen molar-refractivity contribution in [3.8, 4) is 0 Å². The lowest BCUT2D eigenvalue weighted by atomic mass is 10.1. The van der Waals surface area contributed by atoms with Crippen LogP contribution in [0.2, 0.25) is 5.02 Å². The first-order valence-electron chi connectivity index (χ1n) is 5.58. The Morgan fingerprint density at radius 1 is 1.47 bits per heavy atom. The molecule has 1 aromatic heterocycles. The molecule has 1 heterocycles. The van der Waals surface area contributed by atoms with E-state index in [1.54, 1.807) is 11.3 Å². The van der Waals surface area contributed by atoms with Gasteiger partial charge in [0.15, 0.2) is 0 Å². The fraction of sp³-hybridized carbons (Fsp3) is 0.154. The lowest BCUT2D eigenvalue weighted by Crippen LogP contribution is -2.33. The highest BCUT2D eigenvalue weighted by Gasteiger charge is 2.18. The fourth-order valence-electron chi connectivity index (χ4n) is 1.69. The third-order valence-corrected chi connectivity index (χ3v) is 3.79. The Labute approximate surface area is 119 Å². The highest BCUT2D eigenvalue weighted by molar-refractivity contribution is 7.09. The molecule has 3 N–H and O–H groups in total. The maximum absolute atomic E-state index is 13.1. The minimum absolute atomic E-state index is 0.0262. The van der Waals surface area contributed by atoms with Gasteiger partial charge >= 0.3 is 0 Å². The van der Waals surface area contributed by atoms with E-state index in [9.17, 15) is 9.18 Å². The predicted molar refractivity (Wildman–Crippen MR) is 74.5 cm³/mol. The Kier molecular flexibility index (Phi) is 4.52. The number of benzene rings is 1. The number of carbonyl (C=O) groups is 1. The monoisotopic (exact) mass is 298 g/mol. The molecule has 0 saturated heterocycles. The third kappa shape index (κ3) is 3.53. The molecule has 0 fully saturated rings. The van der Waals surface area contributed by atoms with Crippen LogP contribution in [0.15, 0.2) is 35.7 Å². The average molecular weight is 299 g/mol. The number of primary amides is 1. The summed E-state index contributed by atoms with van der Waals surface area (Å²) in [5.74, 6) is -1.05. The zero-order valence-corrected chi connectivity index (χ0v) is 11.5. The van der Waals surface area contributed by atoms with E-state index in [2.05, 4.69) is 5.32 Å². The number of carbonyl (C=O) groups excluding carboxylic acids is 1. The van der Waals surface area contributed by atoms with Crippen LogP contribution in [0.4, 0.5) is 4.39 Å². The molecule has 19 heavy (non-hydrogen) atoms. The lowest BCUT2D eigenvalue weighted by Gasteiger charge is -2.15. The summed E-state index contributed by atoms with van der Waals surface area (Å²) in [5.41, 5.74) is 5.91. The van der Waals surface area contributed by atoms with Crippen molar-refractivity contribution < 1.29 is 9.18 Å². The van der Waals surface area contributed by atoms with Crippen LogP contribution >= 0.6 is 22.9 Å². The largest absolute Gasteiger partial charge is 0.368 e. The summed E-state index contributed by atoms with van der Waals surface area (Å²) in [6.45, 7) is 0.514. The van der Waals surface area contributed by atoms with Gasteiger partial charge in [0.1, 0.15) is 11.9 Å². The van der Waals surface area contributed by atoms with Crippen molar-refractivity contribution in [2.24, 2.45) is 5.73 Å². The summed E-state index contributed by atoms with van der Waals surface area (Å²) in [5, 5.41) is 4.96. The molecule has 1 unspecified atom stereocenters. The summed E-state index contributed by atoms with van der Waals surface area (Å²) in [6.07, 6.45) is 0. The van der Waals surface area contributed by atoms with Crippen LogP contribution in [-0.2, 0) is 11.3 Å². The molecule has 1 aromatic carbocycles. The summed E-state index contributed by atoms with van der Waals surface area (Å²) < 4.78 is 13.1. The molecule has 6 heteroatoms. The summed E-state index contributed by atoms with van der Waals surface area (Å²) >= 11 is 7.29. The molecular weight excluding hydrogens is 287 g/mol. The smallest absolute Gasteiger partial charge is 0.239 e. The van der Waals surface area contributed by atoms with Crippen molar-refractivity contribution in [3.63, 3.8) is 0 Å². The first-order chi connectivity index (χ1) is 9.08. The summed E-state index contributed by atoms with van der Waals surface area (Å²) in [6, 6.07) is 7.31. The molecule has 0 radical (unpaired) electrons. The molecule has 1 amide bonds. The van der Waals surface area contributed by atoms with E-state index in [0.717, 1.165) is 4.88 Å². The number of rotatable bonds is 5. The zero-order valence-electron chi connectivity index (χ0n) is 9.90. The van der Waals surface area contributed by atoms with Gasteiger partial charge in [-0.2, -0.15) is 0 Å². The molecule has 0 saturated carbocycles. The van der Waals surface area contributed by atoms with Crippen LogP contribution < -0.4 is 11.1 Å². The number of nitrogens with one attached hydrogen (secondary N) is 1. The van der Waals surface area contributed by atoms with E-state index in [4.69, 9.17) is 17.3 Å². The molecule has 3 nitrogen and oxygen atoms in total. The van der Waals surface area contributed by atoms with Crippen molar-refractivity contribution in [2.75, 3.05) is 0 Å². The zero-order chi connectivity index (χ0) is 13.8. The molecule has 2 rings (SSSR count). The number of amides is 1. The van der Waals surface area contributed by atoms with E-state index < -0.39 is 17.8 Å². The molecule has 0 bridgehead atoms. The predicted octanol–water partition coefficient (Wildman–Crippen LogP) is 2.86. The molecule has 1 atom stereocenters. The van der Waals surface area contributed by atoms with Crippen LogP contribution in [0.3, 0.4) is 0 Å². The van der Waals surface area contributed by atoms with Gasteiger partial charge in [0.05, 0.1) is 5.02 Å². The van der Waals surface area contributed by atoms with Crippen LogP contribution in [0, 0.1) is 5.82 Å². The van der Waals surface area contributed by atoms with Gasteiger partial charge in [-0.05, 0) is 29.1 Å². The second-order valence-corrected chi connectivity index (χ2v) is 5.41. The minimum atomic E-state index is -0.694. The van der Waals surface area contributed by atoms with E-state index >= 15 is 0 Å². The second-order valence-electron chi connectivity index (χ2n) is 3.97. The highest BCUT2D eigenvalue weighted by atomic mass is 35.5. The van der Waals surface area contributed by atoms with Gasteiger partial charge in [-0.3, -0.25) is 10.1 Å². The molecular formula is C13H12ClFN2OS. The first kappa shape index (κ1) is 14.0. The van der Waals surface area contributed by atoms with E-state index in [0.29, 0.717) is 12.1 Å². The fourth-order valence-corrected chi connectivity index (χ4v) is 2.54. The van der Waals surface area contributed by atoms with Gasteiger partial charge in [-0.15, -0.1) is 11.3 Å². The SMILES string of the molecule is NC(=O)C(NCc1cccs1)c1ccc(F)c(Cl)c1. The number of hydrogen-bond acceptors (Lipinski definition) is 3. The maximum atomic E-state index is 13.1. The van der Waals surface area contributed by atoms with Crippen molar-refractivity contribution in [1.82, 2.24) is 5.32 Å². The van der Waals surface area contributed by atoms with Gasteiger partial charge in [-0.25, -0.2) is 4.39 Å². The van der Waals surface area contributed by atoms with E-state index in [1.165, 1.54) is 18.2 Å². The van der Waals surface area contributed by atoms with Crippen molar-refractivity contribution in [2.45, 2.75) is 12.6 Å². The van der Waals surface area contributed by atoms with Crippen LogP contribution in [0.25, 0.3) is 0 Å². The normalized spacial score (nSPS) is 12.3. The van der Waals surface area contributed by atoms with Gasteiger partial charge < -0.3 is 5.73 Å². The van der Waals surface area contributed by atoms with E-state index in [-0.39, 0.29) is 5.02 Å². The Morgan fingerprint density at radius 3 is 2.84 bits per heavy atom. The highest BCUT2D eigenvalue weighted by Crippen LogP contribution is 2.21. The molecule has 0 aliphatic heterocycles.